The number of nitrogen functional groups attached to an aromatic ring is 1. The summed E-state index contributed by atoms with van der Waals surface area (Å²) >= 11 is 0. The lowest BCUT2D eigenvalue weighted by Crippen LogP contribution is -2.61. The first-order chi connectivity index (χ1) is 9.22. The maximum atomic E-state index is 11.6. The summed E-state index contributed by atoms with van der Waals surface area (Å²) in [7, 11) is 0. The molecule has 0 saturated heterocycles. The van der Waals surface area contributed by atoms with Gasteiger partial charge in [-0.1, -0.05) is 0 Å². The molecule has 7 N–H and O–H groups in total. The van der Waals surface area contributed by atoms with Crippen molar-refractivity contribution in [3.05, 3.63) is 22.7 Å². The van der Waals surface area contributed by atoms with E-state index in [4.69, 9.17) is 26.4 Å². The second kappa shape index (κ2) is 5.96. The number of carboxylic acids is 1. The van der Waals surface area contributed by atoms with Crippen LogP contribution in [0.5, 0.6) is 0 Å². The highest BCUT2D eigenvalue weighted by atomic mass is 16.6. The molecule has 0 aliphatic carbocycles. The van der Waals surface area contributed by atoms with Crippen LogP contribution < -0.4 is 17.2 Å². The predicted octanol–water partition coefficient (Wildman–Crippen LogP) is -2.55. The van der Waals surface area contributed by atoms with Crippen LogP contribution in [0.3, 0.4) is 0 Å². The van der Waals surface area contributed by atoms with E-state index in [0.29, 0.717) is 0 Å². The van der Waals surface area contributed by atoms with Crippen LogP contribution in [0.15, 0.2) is 17.1 Å². The number of aromatic nitrogens is 2. The standard InChI is InChI=1S/C10H16N4O6/c1-5(14-3-2-7(11)13-9(14)19)20-10(12,8(17)18)6(16)4-15/h2-3,5-6,15-16H,4,12H2,1H3,(H,17,18)(H2,11,13,19)/t5-,6+,10+/m1/s1. The zero-order valence-electron chi connectivity index (χ0n) is 10.6. The number of anilines is 1. The minimum atomic E-state index is -2.57. The van der Waals surface area contributed by atoms with Crippen molar-refractivity contribution >= 4 is 11.8 Å². The first-order valence-electron chi connectivity index (χ1n) is 5.56. The van der Waals surface area contributed by atoms with Gasteiger partial charge < -0.3 is 25.8 Å². The fourth-order valence-corrected chi connectivity index (χ4v) is 1.45. The van der Waals surface area contributed by atoms with Crippen LogP contribution in [0, 0.1) is 0 Å². The van der Waals surface area contributed by atoms with Crippen LogP contribution in [0.2, 0.25) is 0 Å². The number of nitrogens with two attached hydrogens (primary N) is 2. The lowest BCUT2D eigenvalue weighted by Gasteiger charge is -2.32. The molecular weight excluding hydrogens is 272 g/mol. The first-order valence-corrected chi connectivity index (χ1v) is 5.56. The van der Waals surface area contributed by atoms with E-state index in [9.17, 15) is 14.7 Å². The lowest BCUT2D eigenvalue weighted by atomic mass is 10.1. The average molecular weight is 288 g/mol. The quantitative estimate of drug-likeness (QED) is 0.353. The van der Waals surface area contributed by atoms with Gasteiger partial charge >= 0.3 is 11.7 Å². The molecule has 1 aromatic heterocycles. The van der Waals surface area contributed by atoms with Crippen LogP contribution in [0.4, 0.5) is 5.82 Å². The topological polar surface area (TPSA) is 174 Å². The summed E-state index contributed by atoms with van der Waals surface area (Å²) in [6.07, 6.45) is -1.79. The SMILES string of the molecule is C[C@@H](O[C@](N)(C(=O)O)[C@@H](O)CO)n1ccc(N)nc1=O. The first kappa shape index (κ1) is 16.0. The van der Waals surface area contributed by atoms with Gasteiger partial charge in [0, 0.05) is 6.20 Å². The van der Waals surface area contributed by atoms with Gasteiger partial charge in [-0.25, -0.2) is 9.59 Å². The smallest absolute Gasteiger partial charge is 0.354 e. The Bertz CT molecular complexity index is 547. The van der Waals surface area contributed by atoms with Gasteiger partial charge in [-0.15, -0.1) is 0 Å². The zero-order valence-corrected chi connectivity index (χ0v) is 10.6. The summed E-state index contributed by atoms with van der Waals surface area (Å²) in [5.41, 5.74) is 7.39. The Hall–Kier alpha value is -2.01. The Labute approximate surface area is 113 Å². The molecule has 0 fully saturated rings. The third kappa shape index (κ3) is 3.11. The van der Waals surface area contributed by atoms with Crippen LogP contribution >= 0.6 is 0 Å². The monoisotopic (exact) mass is 288 g/mol. The number of hydrogen-bond donors (Lipinski definition) is 5. The number of nitrogens with zero attached hydrogens (tertiary/aromatic N) is 2. The van der Waals surface area contributed by atoms with Gasteiger partial charge in [-0.2, -0.15) is 4.98 Å². The molecule has 0 amide bonds. The Morgan fingerprint density at radius 2 is 2.25 bits per heavy atom. The van der Waals surface area contributed by atoms with E-state index in [1.54, 1.807) is 0 Å². The maximum Gasteiger partial charge on any atom is 0.354 e. The molecule has 0 spiro atoms. The maximum absolute atomic E-state index is 11.6. The molecule has 0 aliphatic rings. The number of aliphatic hydroxyl groups excluding tert-OH is 2. The van der Waals surface area contributed by atoms with Crippen molar-refractivity contribution in [2.75, 3.05) is 12.3 Å². The lowest BCUT2D eigenvalue weighted by molar-refractivity contribution is -0.206. The number of hydrogen-bond acceptors (Lipinski definition) is 8. The fourth-order valence-electron chi connectivity index (χ4n) is 1.45. The Morgan fingerprint density at radius 3 is 2.70 bits per heavy atom. The molecule has 0 aliphatic heterocycles. The van der Waals surface area contributed by atoms with Gasteiger partial charge in [0.1, 0.15) is 18.1 Å². The van der Waals surface area contributed by atoms with Crippen LogP contribution in [-0.2, 0) is 9.53 Å². The van der Waals surface area contributed by atoms with E-state index in [-0.39, 0.29) is 5.82 Å². The summed E-state index contributed by atoms with van der Waals surface area (Å²) in [5.74, 6) is -1.70. The molecule has 112 valence electrons. The van der Waals surface area contributed by atoms with Gasteiger partial charge in [0.15, 0.2) is 0 Å². The largest absolute Gasteiger partial charge is 0.478 e. The number of rotatable bonds is 6. The molecule has 10 heteroatoms. The second-order valence-corrected chi connectivity index (χ2v) is 4.06. The van der Waals surface area contributed by atoms with E-state index in [1.807, 2.05) is 0 Å². The van der Waals surface area contributed by atoms with E-state index in [0.717, 1.165) is 4.57 Å². The molecule has 10 nitrogen and oxygen atoms in total. The van der Waals surface area contributed by atoms with Crippen LogP contribution in [0.1, 0.15) is 13.2 Å². The summed E-state index contributed by atoms with van der Waals surface area (Å²) in [5, 5.41) is 27.3. The van der Waals surface area contributed by atoms with Crippen molar-refractivity contribution in [1.29, 1.82) is 0 Å². The highest BCUT2D eigenvalue weighted by Gasteiger charge is 2.44. The third-order valence-corrected chi connectivity index (χ3v) is 2.61. The van der Waals surface area contributed by atoms with Gasteiger partial charge in [-0.3, -0.25) is 10.3 Å². The van der Waals surface area contributed by atoms with Gasteiger partial charge in [0.05, 0.1) is 6.61 Å². The Kier molecular flexibility index (Phi) is 4.78. The van der Waals surface area contributed by atoms with Crippen molar-refractivity contribution in [2.24, 2.45) is 5.73 Å². The van der Waals surface area contributed by atoms with Crippen molar-refractivity contribution in [3.63, 3.8) is 0 Å². The zero-order chi connectivity index (χ0) is 15.5. The van der Waals surface area contributed by atoms with Crippen LogP contribution in [-0.4, -0.2) is 49.3 Å². The molecule has 0 aromatic carbocycles. The van der Waals surface area contributed by atoms with Crippen molar-refractivity contribution in [2.45, 2.75) is 25.0 Å². The third-order valence-electron chi connectivity index (χ3n) is 2.61. The van der Waals surface area contributed by atoms with Gasteiger partial charge in [0.25, 0.3) is 0 Å². The molecule has 0 radical (unpaired) electrons. The molecule has 1 heterocycles. The number of ether oxygens (including phenoxy) is 1. The summed E-state index contributed by atoms with van der Waals surface area (Å²) in [6, 6.07) is 1.31. The van der Waals surface area contributed by atoms with Crippen molar-refractivity contribution < 1.29 is 24.9 Å². The Balaban J connectivity index is 3.05. The molecule has 0 unspecified atom stereocenters. The molecule has 0 saturated carbocycles. The normalized spacial score (nSPS) is 17.2. The summed E-state index contributed by atoms with van der Waals surface area (Å²) in [4.78, 5) is 26.1. The number of aliphatic hydroxyl groups is 2. The highest BCUT2D eigenvalue weighted by molar-refractivity contribution is 5.77. The molecular formula is C10H16N4O6. The van der Waals surface area contributed by atoms with Crippen molar-refractivity contribution in [3.8, 4) is 0 Å². The van der Waals surface area contributed by atoms with E-state index in [1.165, 1.54) is 19.2 Å². The van der Waals surface area contributed by atoms with Crippen LogP contribution in [0.25, 0.3) is 0 Å². The summed E-state index contributed by atoms with van der Waals surface area (Å²) in [6.45, 7) is 0.401. The molecule has 0 bridgehead atoms. The second-order valence-electron chi connectivity index (χ2n) is 4.06. The molecule has 1 aromatic rings. The van der Waals surface area contributed by atoms with Crippen molar-refractivity contribution in [1.82, 2.24) is 9.55 Å². The minimum absolute atomic E-state index is 0.00825. The number of carboxylic acid groups (broad SMARTS) is 1. The predicted molar refractivity (Wildman–Crippen MR) is 66.4 cm³/mol. The molecule has 20 heavy (non-hydrogen) atoms. The van der Waals surface area contributed by atoms with E-state index in [2.05, 4.69) is 4.98 Å². The Morgan fingerprint density at radius 1 is 1.65 bits per heavy atom. The average Bonchev–Trinajstić information content (AvgIpc) is 2.36. The minimum Gasteiger partial charge on any atom is -0.478 e. The highest BCUT2D eigenvalue weighted by Crippen LogP contribution is 2.18. The fraction of sp³-hybridized carbons (Fsp3) is 0.500. The number of carbonyl (C=O) groups is 1. The van der Waals surface area contributed by atoms with E-state index < -0.39 is 36.3 Å². The van der Waals surface area contributed by atoms with E-state index >= 15 is 0 Å². The molecule has 1 rings (SSSR count). The number of aliphatic carboxylic acids is 1. The summed E-state index contributed by atoms with van der Waals surface area (Å²) < 4.78 is 5.94. The van der Waals surface area contributed by atoms with Gasteiger partial charge in [0.2, 0.25) is 5.72 Å². The van der Waals surface area contributed by atoms with Gasteiger partial charge in [-0.05, 0) is 13.0 Å². The molecule has 3 atom stereocenters.